The molecule has 9 nitrogen and oxygen atoms in total. The Labute approximate surface area is 199 Å². The molecule has 0 spiro atoms. The standard InChI is InChI=1S/C25H32N4O5/c1-14(2)6-21-15(3)7-19(10-26-21)25-28-24(29-34-25)18-8-16(4)23(17(5)9-18)33-13-20(31)11-27-22(32)12-30/h7-10,14,20,30-31H,6,11-13H2,1-5H3,(H,27,32)/t20-/m1/s1. The van der Waals surface area contributed by atoms with Gasteiger partial charge in [-0.05, 0) is 68.0 Å². The van der Waals surface area contributed by atoms with E-state index in [1.54, 1.807) is 6.20 Å². The fourth-order valence-corrected chi connectivity index (χ4v) is 3.61. The van der Waals surface area contributed by atoms with Crippen LogP contribution in [-0.2, 0) is 11.2 Å². The highest BCUT2D eigenvalue weighted by Gasteiger charge is 2.16. The first-order chi connectivity index (χ1) is 16.2. The molecule has 182 valence electrons. The predicted molar refractivity (Wildman–Crippen MR) is 127 cm³/mol. The van der Waals surface area contributed by atoms with Crippen LogP contribution < -0.4 is 10.1 Å². The van der Waals surface area contributed by atoms with Crippen molar-refractivity contribution >= 4 is 5.91 Å². The summed E-state index contributed by atoms with van der Waals surface area (Å²) in [7, 11) is 0. The molecule has 0 unspecified atom stereocenters. The SMILES string of the molecule is Cc1cc(-c2nc(-c3cc(C)c(OC[C@H](O)CNC(=O)CO)c(C)c3)no2)cnc1CC(C)C. The number of aliphatic hydroxyl groups is 2. The number of carbonyl (C=O) groups excluding carboxylic acids is 1. The summed E-state index contributed by atoms with van der Waals surface area (Å²) in [5.41, 5.74) is 5.43. The highest BCUT2D eigenvalue weighted by Crippen LogP contribution is 2.30. The molecule has 2 heterocycles. The molecule has 1 aromatic carbocycles. The second kappa shape index (κ2) is 11.2. The van der Waals surface area contributed by atoms with Crippen LogP contribution in [0.15, 0.2) is 28.9 Å². The molecule has 0 fully saturated rings. The molecule has 3 rings (SSSR count). The summed E-state index contributed by atoms with van der Waals surface area (Å²) in [5, 5.41) is 25.3. The van der Waals surface area contributed by atoms with E-state index < -0.39 is 18.6 Å². The number of nitrogens with one attached hydrogen (secondary N) is 1. The molecule has 0 aliphatic carbocycles. The van der Waals surface area contributed by atoms with Crippen LogP contribution in [0.3, 0.4) is 0 Å². The Morgan fingerprint density at radius 2 is 1.79 bits per heavy atom. The van der Waals surface area contributed by atoms with E-state index in [1.807, 2.05) is 39.0 Å². The molecule has 0 bridgehead atoms. The average molecular weight is 469 g/mol. The maximum Gasteiger partial charge on any atom is 0.259 e. The van der Waals surface area contributed by atoms with Crippen LogP contribution in [0.4, 0.5) is 0 Å². The number of aromatic nitrogens is 3. The third kappa shape index (κ3) is 6.39. The lowest BCUT2D eigenvalue weighted by molar-refractivity contribution is -0.124. The quantitative estimate of drug-likeness (QED) is 0.414. The number of nitrogens with zero attached hydrogens (tertiary/aromatic N) is 3. The van der Waals surface area contributed by atoms with Crippen LogP contribution in [0.5, 0.6) is 5.75 Å². The van der Waals surface area contributed by atoms with Gasteiger partial charge in [0.2, 0.25) is 11.7 Å². The van der Waals surface area contributed by atoms with Crippen molar-refractivity contribution in [2.45, 2.75) is 47.1 Å². The van der Waals surface area contributed by atoms with Crippen molar-refractivity contribution in [3.63, 3.8) is 0 Å². The summed E-state index contributed by atoms with van der Waals surface area (Å²) in [6.45, 7) is 9.53. The van der Waals surface area contributed by atoms with Gasteiger partial charge in [0.25, 0.3) is 5.89 Å². The topological polar surface area (TPSA) is 131 Å². The van der Waals surface area contributed by atoms with Gasteiger partial charge < -0.3 is 24.8 Å². The number of benzene rings is 1. The number of aliphatic hydroxyl groups excluding tert-OH is 2. The number of ether oxygens (including phenoxy) is 1. The number of aryl methyl sites for hydroxylation is 3. The first-order valence-electron chi connectivity index (χ1n) is 11.3. The normalized spacial score (nSPS) is 12.1. The maximum atomic E-state index is 11.1. The van der Waals surface area contributed by atoms with Gasteiger partial charge in [-0.2, -0.15) is 4.98 Å². The first kappa shape index (κ1) is 25.3. The summed E-state index contributed by atoms with van der Waals surface area (Å²) < 4.78 is 11.3. The van der Waals surface area contributed by atoms with Gasteiger partial charge in [-0.1, -0.05) is 19.0 Å². The highest BCUT2D eigenvalue weighted by molar-refractivity contribution is 5.76. The van der Waals surface area contributed by atoms with Gasteiger partial charge >= 0.3 is 0 Å². The van der Waals surface area contributed by atoms with E-state index in [-0.39, 0.29) is 13.2 Å². The molecule has 0 aliphatic rings. The van der Waals surface area contributed by atoms with Gasteiger partial charge in [-0.3, -0.25) is 9.78 Å². The summed E-state index contributed by atoms with van der Waals surface area (Å²) in [4.78, 5) is 20.2. The Morgan fingerprint density at radius 3 is 2.41 bits per heavy atom. The molecule has 34 heavy (non-hydrogen) atoms. The van der Waals surface area contributed by atoms with Crippen molar-refractivity contribution in [3.05, 3.63) is 46.8 Å². The lowest BCUT2D eigenvalue weighted by Gasteiger charge is -2.16. The number of pyridine rings is 1. The lowest BCUT2D eigenvalue weighted by atomic mass is 10.0. The Bertz CT molecular complexity index is 1120. The minimum atomic E-state index is -0.905. The molecule has 1 atom stereocenters. The zero-order valence-electron chi connectivity index (χ0n) is 20.3. The van der Waals surface area contributed by atoms with Gasteiger partial charge in [-0.25, -0.2) is 0 Å². The van der Waals surface area contributed by atoms with E-state index in [2.05, 4.69) is 34.3 Å². The number of carbonyl (C=O) groups is 1. The van der Waals surface area contributed by atoms with Gasteiger partial charge in [0.15, 0.2) is 0 Å². The second-order valence-electron chi connectivity index (χ2n) is 8.87. The number of hydrogen-bond acceptors (Lipinski definition) is 8. The van der Waals surface area contributed by atoms with Crippen molar-refractivity contribution in [2.24, 2.45) is 5.92 Å². The molecule has 0 aliphatic heterocycles. The van der Waals surface area contributed by atoms with Gasteiger partial charge in [-0.15, -0.1) is 0 Å². The van der Waals surface area contributed by atoms with Crippen molar-refractivity contribution in [3.8, 4) is 28.6 Å². The van der Waals surface area contributed by atoms with Crippen LogP contribution in [0.25, 0.3) is 22.8 Å². The van der Waals surface area contributed by atoms with Crippen LogP contribution in [0, 0.1) is 26.7 Å². The number of rotatable bonds is 10. The third-order valence-electron chi connectivity index (χ3n) is 5.28. The van der Waals surface area contributed by atoms with Crippen molar-refractivity contribution in [2.75, 3.05) is 19.8 Å². The van der Waals surface area contributed by atoms with Gasteiger partial charge in [0.1, 0.15) is 25.1 Å². The Morgan fingerprint density at radius 1 is 1.12 bits per heavy atom. The molecular formula is C25H32N4O5. The predicted octanol–water partition coefficient (Wildman–Crippen LogP) is 2.77. The van der Waals surface area contributed by atoms with E-state index >= 15 is 0 Å². The molecule has 1 amide bonds. The average Bonchev–Trinajstić information content (AvgIpc) is 3.28. The van der Waals surface area contributed by atoms with Crippen molar-refractivity contribution < 1.29 is 24.3 Å². The molecule has 3 aromatic rings. The Kier molecular flexibility index (Phi) is 8.36. The van der Waals surface area contributed by atoms with E-state index in [9.17, 15) is 9.90 Å². The first-order valence-corrected chi connectivity index (χ1v) is 11.3. The molecule has 2 aromatic heterocycles. The zero-order valence-corrected chi connectivity index (χ0v) is 20.3. The summed E-state index contributed by atoms with van der Waals surface area (Å²) >= 11 is 0. The lowest BCUT2D eigenvalue weighted by Crippen LogP contribution is -2.36. The van der Waals surface area contributed by atoms with Crippen molar-refractivity contribution in [1.29, 1.82) is 0 Å². The highest BCUT2D eigenvalue weighted by atomic mass is 16.5. The van der Waals surface area contributed by atoms with Crippen LogP contribution in [0.1, 0.15) is 36.2 Å². The molecule has 0 radical (unpaired) electrons. The van der Waals surface area contributed by atoms with E-state index in [4.69, 9.17) is 14.4 Å². The second-order valence-corrected chi connectivity index (χ2v) is 8.87. The smallest absolute Gasteiger partial charge is 0.259 e. The zero-order chi connectivity index (χ0) is 24.8. The Hall–Kier alpha value is -3.30. The minimum Gasteiger partial charge on any atom is -0.490 e. The van der Waals surface area contributed by atoms with Crippen LogP contribution >= 0.6 is 0 Å². The fourth-order valence-electron chi connectivity index (χ4n) is 3.61. The van der Waals surface area contributed by atoms with Gasteiger partial charge in [0, 0.05) is 24.0 Å². The van der Waals surface area contributed by atoms with E-state index in [0.717, 1.165) is 39.9 Å². The number of amides is 1. The monoisotopic (exact) mass is 468 g/mol. The summed E-state index contributed by atoms with van der Waals surface area (Å²) in [6.07, 6.45) is 1.78. The molecule has 0 saturated carbocycles. The van der Waals surface area contributed by atoms with Crippen molar-refractivity contribution in [1.82, 2.24) is 20.4 Å². The van der Waals surface area contributed by atoms with Crippen LogP contribution in [0.2, 0.25) is 0 Å². The molecule has 9 heteroatoms. The minimum absolute atomic E-state index is 0.00174. The maximum absolute atomic E-state index is 11.1. The third-order valence-corrected chi connectivity index (χ3v) is 5.28. The molecule has 3 N–H and O–H groups in total. The van der Waals surface area contributed by atoms with Gasteiger partial charge in [0.05, 0.1) is 5.56 Å². The molecule has 0 saturated heterocycles. The van der Waals surface area contributed by atoms with E-state index in [0.29, 0.717) is 23.4 Å². The summed E-state index contributed by atoms with van der Waals surface area (Å²) in [6, 6.07) is 5.81. The largest absolute Gasteiger partial charge is 0.490 e. The number of hydrogen-bond donors (Lipinski definition) is 3. The fraction of sp³-hybridized carbons (Fsp3) is 0.440. The van der Waals surface area contributed by atoms with Crippen LogP contribution in [-0.4, -0.2) is 57.1 Å². The summed E-state index contributed by atoms with van der Waals surface area (Å²) in [5.74, 6) is 1.49. The Balaban J connectivity index is 1.72. The molecular weight excluding hydrogens is 436 g/mol. The van der Waals surface area contributed by atoms with E-state index in [1.165, 1.54) is 0 Å².